The number of carbonyl (C=O) groups is 1. The predicted molar refractivity (Wildman–Crippen MR) is 77.0 cm³/mol. The van der Waals surface area contributed by atoms with Gasteiger partial charge in [-0.15, -0.1) is 6.58 Å². The lowest BCUT2D eigenvalue weighted by molar-refractivity contribution is 0.0592. The Kier molecular flexibility index (Phi) is 2.82. The van der Waals surface area contributed by atoms with E-state index in [0.29, 0.717) is 17.9 Å². The van der Waals surface area contributed by atoms with E-state index in [9.17, 15) is 4.79 Å². The fourth-order valence-electron chi connectivity index (χ4n) is 2.56. The van der Waals surface area contributed by atoms with E-state index in [1.807, 2.05) is 46.2 Å². The summed E-state index contributed by atoms with van der Waals surface area (Å²) < 4.78 is 8.75. The largest absolute Gasteiger partial charge is 0.464 e. The van der Waals surface area contributed by atoms with Gasteiger partial charge in [0.2, 0.25) is 5.78 Å². The van der Waals surface area contributed by atoms with Crippen LogP contribution in [0.15, 0.2) is 36.9 Å². The van der Waals surface area contributed by atoms with E-state index in [1.165, 1.54) is 7.11 Å². The van der Waals surface area contributed by atoms with E-state index in [0.717, 1.165) is 16.8 Å². The maximum atomic E-state index is 12.0. The number of ether oxygens (including phenoxy) is 1. The quantitative estimate of drug-likeness (QED) is 0.542. The van der Waals surface area contributed by atoms with Crippen LogP contribution in [-0.2, 0) is 11.3 Å². The van der Waals surface area contributed by atoms with E-state index in [-0.39, 0.29) is 5.97 Å². The van der Waals surface area contributed by atoms with Gasteiger partial charge in [0, 0.05) is 6.54 Å². The second-order valence-corrected chi connectivity index (χ2v) is 4.56. The molecule has 2 heterocycles. The van der Waals surface area contributed by atoms with Crippen LogP contribution >= 0.6 is 0 Å². The second kappa shape index (κ2) is 4.52. The van der Waals surface area contributed by atoms with Crippen LogP contribution in [0.4, 0.5) is 0 Å². The molecule has 0 spiro atoms. The molecule has 2 aromatic heterocycles. The zero-order valence-electron chi connectivity index (χ0n) is 11.5. The number of benzene rings is 1. The molecule has 20 heavy (non-hydrogen) atoms. The van der Waals surface area contributed by atoms with Crippen LogP contribution in [0, 0.1) is 6.92 Å². The average Bonchev–Trinajstić information content (AvgIpc) is 2.94. The van der Waals surface area contributed by atoms with Crippen molar-refractivity contribution in [2.45, 2.75) is 13.5 Å². The second-order valence-electron chi connectivity index (χ2n) is 4.56. The van der Waals surface area contributed by atoms with Crippen molar-refractivity contribution < 1.29 is 9.53 Å². The van der Waals surface area contributed by atoms with E-state index in [2.05, 4.69) is 11.6 Å². The summed E-state index contributed by atoms with van der Waals surface area (Å²) >= 11 is 0. The molecule has 0 saturated heterocycles. The maximum Gasteiger partial charge on any atom is 0.357 e. The molecule has 102 valence electrons. The molecule has 5 nitrogen and oxygen atoms in total. The first-order valence-corrected chi connectivity index (χ1v) is 6.34. The van der Waals surface area contributed by atoms with Crippen LogP contribution in [0.2, 0.25) is 0 Å². The molecule has 0 N–H and O–H groups in total. The van der Waals surface area contributed by atoms with Crippen LogP contribution in [0.1, 0.15) is 16.2 Å². The van der Waals surface area contributed by atoms with Crippen molar-refractivity contribution in [1.82, 2.24) is 14.0 Å². The molecular formula is C15H15N3O2. The van der Waals surface area contributed by atoms with Crippen molar-refractivity contribution in [1.29, 1.82) is 0 Å². The van der Waals surface area contributed by atoms with Gasteiger partial charge in [0.25, 0.3) is 0 Å². The normalized spacial score (nSPS) is 11.1. The first kappa shape index (κ1) is 12.5. The number of methoxy groups -OCH3 is 1. The van der Waals surface area contributed by atoms with Crippen LogP contribution in [0.25, 0.3) is 16.8 Å². The van der Waals surface area contributed by atoms with Crippen molar-refractivity contribution in [3.8, 4) is 0 Å². The van der Waals surface area contributed by atoms with Crippen LogP contribution < -0.4 is 0 Å². The Balaban J connectivity index is 2.49. The van der Waals surface area contributed by atoms with Gasteiger partial charge < -0.3 is 9.30 Å². The Morgan fingerprint density at radius 3 is 2.75 bits per heavy atom. The van der Waals surface area contributed by atoms with Crippen molar-refractivity contribution in [3.05, 3.63) is 48.3 Å². The Morgan fingerprint density at radius 2 is 2.10 bits per heavy atom. The number of hydrogen-bond donors (Lipinski definition) is 0. The number of hydrogen-bond acceptors (Lipinski definition) is 3. The fourth-order valence-corrected chi connectivity index (χ4v) is 2.56. The molecule has 0 atom stereocenters. The summed E-state index contributed by atoms with van der Waals surface area (Å²) in [5, 5.41) is 0. The minimum absolute atomic E-state index is 0.378. The van der Waals surface area contributed by atoms with Gasteiger partial charge in [0.15, 0.2) is 5.69 Å². The lowest BCUT2D eigenvalue weighted by atomic mass is 10.3. The molecule has 3 aromatic rings. The summed E-state index contributed by atoms with van der Waals surface area (Å²) in [5.41, 5.74) is 3.09. The SMILES string of the molecule is C=CCn1c2ccccc2n2c(C(=O)OC)c(C)nc12. The number of para-hydroxylation sites is 2. The standard InChI is InChI=1S/C15H15N3O2/c1-4-9-17-11-7-5-6-8-12(11)18-13(14(19)20-3)10(2)16-15(17)18/h4-8H,1,9H2,2-3H3. The molecule has 0 amide bonds. The van der Waals surface area contributed by atoms with Crippen molar-refractivity contribution >= 4 is 22.8 Å². The highest BCUT2D eigenvalue weighted by molar-refractivity contribution is 5.93. The summed E-state index contributed by atoms with van der Waals surface area (Å²) in [4.78, 5) is 16.5. The molecule has 0 radical (unpaired) electrons. The van der Waals surface area contributed by atoms with Crippen LogP contribution in [0.3, 0.4) is 0 Å². The fraction of sp³-hybridized carbons (Fsp3) is 0.200. The van der Waals surface area contributed by atoms with Gasteiger partial charge in [-0.05, 0) is 19.1 Å². The van der Waals surface area contributed by atoms with Gasteiger partial charge in [-0.2, -0.15) is 0 Å². The minimum Gasteiger partial charge on any atom is -0.464 e. The number of esters is 1. The van der Waals surface area contributed by atoms with E-state index in [1.54, 1.807) is 0 Å². The molecule has 5 heteroatoms. The average molecular weight is 269 g/mol. The molecule has 0 aliphatic rings. The molecule has 0 aliphatic heterocycles. The molecule has 0 saturated carbocycles. The monoisotopic (exact) mass is 269 g/mol. The summed E-state index contributed by atoms with van der Waals surface area (Å²) in [5.74, 6) is 0.348. The zero-order valence-corrected chi connectivity index (χ0v) is 11.5. The van der Waals surface area contributed by atoms with Gasteiger partial charge in [-0.1, -0.05) is 18.2 Å². The number of allylic oxidation sites excluding steroid dienone is 1. The number of carbonyl (C=O) groups excluding carboxylic acids is 1. The third kappa shape index (κ3) is 1.56. The number of fused-ring (bicyclic) bond motifs is 3. The summed E-state index contributed by atoms with van der Waals surface area (Å²) in [6.07, 6.45) is 1.81. The highest BCUT2D eigenvalue weighted by atomic mass is 16.5. The minimum atomic E-state index is -0.378. The maximum absolute atomic E-state index is 12.0. The summed E-state index contributed by atoms with van der Waals surface area (Å²) in [6.45, 7) is 6.22. The third-order valence-electron chi connectivity index (χ3n) is 3.38. The zero-order chi connectivity index (χ0) is 14.3. The van der Waals surface area contributed by atoms with Crippen LogP contribution in [0.5, 0.6) is 0 Å². The number of rotatable bonds is 3. The van der Waals surface area contributed by atoms with E-state index in [4.69, 9.17) is 4.74 Å². The van der Waals surface area contributed by atoms with Gasteiger partial charge in [0.1, 0.15) is 0 Å². The first-order chi connectivity index (χ1) is 9.69. The van der Waals surface area contributed by atoms with Crippen molar-refractivity contribution in [2.24, 2.45) is 0 Å². The number of nitrogens with zero attached hydrogens (tertiary/aromatic N) is 3. The van der Waals surface area contributed by atoms with Gasteiger partial charge in [-0.25, -0.2) is 9.78 Å². The Morgan fingerprint density at radius 1 is 1.40 bits per heavy atom. The van der Waals surface area contributed by atoms with Gasteiger partial charge in [-0.3, -0.25) is 4.40 Å². The highest BCUT2D eigenvalue weighted by Crippen LogP contribution is 2.24. The Labute approximate surface area is 116 Å². The first-order valence-electron chi connectivity index (χ1n) is 6.34. The lowest BCUT2D eigenvalue weighted by Crippen LogP contribution is -2.06. The number of aryl methyl sites for hydroxylation is 1. The molecular weight excluding hydrogens is 254 g/mol. The van der Waals surface area contributed by atoms with E-state index < -0.39 is 0 Å². The molecule has 1 aromatic carbocycles. The Hall–Kier alpha value is -2.56. The molecule has 3 rings (SSSR count). The van der Waals surface area contributed by atoms with Crippen LogP contribution in [-0.4, -0.2) is 27.0 Å². The number of imidazole rings is 2. The predicted octanol–water partition coefficient (Wildman–Crippen LogP) is 2.57. The summed E-state index contributed by atoms with van der Waals surface area (Å²) in [7, 11) is 1.38. The van der Waals surface area contributed by atoms with Crippen molar-refractivity contribution in [2.75, 3.05) is 7.11 Å². The Bertz CT molecular complexity index is 826. The molecule has 0 fully saturated rings. The lowest BCUT2D eigenvalue weighted by Gasteiger charge is -2.00. The van der Waals surface area contributed by atoms with Gasteiger partial charge >= 0.3 is 5.97 Å². The third-order valence-corrected chi connectivity index (χ3v) is 3.38. The van der Waals surface area contributed by atoms with E-state index >= 15 is 0 Å². The van der Waals surface area contributed by atoms with Crippen molar-refractivity contribution in [3.63, 3.8) is 0 Å². The number of aromatic nitrogens is 3. The highest BCUT2D eigenvalue weighted by Gasteiger charge is 2.22. The summed E-state index contributed by atoms with van der Waals surface area (Å²) in [6, 6.07) is 7.88. The molecule has 0 bridgehead atoms. The molecule has 0 unspecified atom stereocenters. The smallest absolute Gasteiger partial charge is 0.357 e. The van der Waals surface area contributed by atoms with Gasteiger partial charge in [0.05, 0.1) is 23.8 Å². The molecule has 0 aliphatic carbocycles. The topological polar surface area (TPSA) is 48.5 Å².